The number of ether oxygens (including phenoxy) is 1. The van der Waals surface area contributed by atoms with Crippen molar-refractivity contribution in [3.8, 4) is 28.8 Å². The first-order valence-electron chi connectivity index (χ1n) is 21.3. The Morgan fingerprint density at radius 3 is 2.00 bits per heavy atom. The van der Waals surface area contributed by atoms with Crippen LogP contribution in [0.5, 0.6) is 11.5 Å². The van der Waals surface area contributed by atoms with E-state index in [1.807, 2.05) is 45.7 Å². The van der Waals surface area contributed by atoms with Gasteiger partial charge in [-0.15, -0.1) is 0 Å². The van der Waals surface area contributed by atoms with Gasteiger partial charge in [-0.2, -0.15) is 0 Å². The summed E-state index contributed by atoms with van der Waals surface area (Å²) in [6.07, 6.45) is 5.31. The summed E-state index contributed by atoms with van der Waals surface area (Å²) < 4.78 is 39.5. The van der Waals surface area contributed by atoms with Gasteiger partial charge in [0.1, 0.15) is 17.3 Å². The Morgan fingerprint density at radius 1 is 0.649 bits per heavy atom. The minimum Gasteiger partial charge on any atom is -0.458 e. The number of pyridine rings is 2. The molecule has 0 saturated carbocycles. The smallest absolute Gasteiger partial charge is 0.271 e. The molecule has 57 heavy (non-hydrogen) atoms. The van der Waals surface area contributed by atoms with Crippen molar-refractivity contribution in [2.75, 3.05) is 0 Å². The molecule has 290 valence electrons. The average Bonchev–Trinajstić information content (AvgIpc) is 3.72. The highest BCUT2D eigenvalue weighted by molar-refractivity contribution is 6.09. The summed E-state index contributed by atoms with van der Waals surface area (Å²) in [5.41, 5.74) is 8.25. The lowest BCUT2D eigenvalue weighted by Gasteiger charge is -2.26. The maximum Gasteiger partial charge on any atom is 0.271 e. The average molecular weight is 757 g/mol. The minimum atomic E-state index is -1.92. The largest absolute Gasteiger partial charge is 0.458 e. The number of hydrogen-bond donors (Lipinski definition) is 0. The lowest BCUT2D eigenvalue weighted by atomic mass is 9.80. The Kier molecular flexibility index (Phi) is 8.48. The Bertz CT molecular complexity index is 2900. The highest BCUT2D eigenvalue weighted by Crippen LogP contribution is 2.37. The quantitative estimate of drug-likeness (QED) is 0.120. The lowest BCUT2D eigenvalue weighted by Crippen LogP contribution is -2.31. The predicted octanol–water partition coefficient (Wildman–Crippen LogP) is 12.5. The molecule has 4 heterocycles. The molecule has 0 radical (unpaired) electrons. The molecule has 0 N–H and O–H groups in total. The van der Waals surface area contributed by atoms with Crippen molar-refractivity contribution in [1.82, 2.24) is 19.1 Å². The second-order valence-corrected chi connectivity index (χ2v) is 18.5. The van der Waals surface area contributed by atoms with Crippen molar-refractivity contribution >= 4 is 32.8 Å². The molecule has 0 unspecified atom stereocenters. The van der Waals surface area contributed by atoms with E-state index >= 15 is 0 Å². The van der Waals surface area contributed by atoms with Crippen molar-refractivity contribution in [3.63, 3.8) is 0 Å². The van der Waals surface area contributed by atoms with Crippen molar-refractivity contribution in [3.05, 3.63) is 144 Å². The predicted molar refractivity (Wildman–Crippen MR) is 235 cm³/mol. The first-order valence-corrected chi connectivity index (χ1v) is 19.8. The standard InChI is InChI=1S/C51H55N5O/c1-33(2)24-34-16-19-44-46(25-34)54(38-27-36(50(6,7)8)26-37(28-38)51(9,10)11)32-55(44)47-31-40(21-23-52-47)57-39-17-18-42-41-14-12-13-15-43(41)56(45(42)30-39)48-29-35(20-22-53-48)49(3,4)5/h12-23,25-31,33H,24H2,1-11H3/i24D2,33D. The number of benzene rings is 4. The van der Waals surface area contributed by atoms with E-state index in [1.165, 1.54) is 16.7 Å². The van der Waals surface area contributed by atoms with Crippen LogP contribution in [-0.2, 0) is 22.6 Å². The number of para-hydroxylation sites is 1. The minimum absolute atomic E-state index is 0.0354. The van der Waals surface area contributed by atoms with Crippen molar-refractivity contribution in [2.24, 2.45) is 5.89 Å². The van der Waals surface area contributed by atoms with Gasteiger partial charge in [-0.05, 0) is 99.8 Å². The SMILES string of the molecule is [2H]C(C)(C)C([2H])([2H])c1ccc2c(c1)[n+](-c1cc(C(C)(C)C)cc(C(C)(C)C)c1)[c-]n2-c1cc(Oc2ccc3c4ccccc4n(-c4cc(C(C)(C)C)ccn4)c3c2)ccn1. The van der Waals surface area contributed by atoms with Gasteiger partial charge in [0.2, 0.25) is 0 Å². The summed E-state index contributed by atoms with van der Waals surface area (Å²) >= 11 is 0. The van der Waals surface area contributed by atoms with Crippen molar-refractivity contribution in [1.29, 1.82) is 0 Å². The summed E-state index contributed by atoms with van der Waals surface area (Å²) in [7, 11) is 0. The molecule has 6 nitrogen and oxygen atoms in total. The van der Waals surface area contributed by atoms with E-state index in [0.29, 0.717) is 22.9 Å². The van der Waals surface area contributed by atoms with E-state index in [1.54, 1.807) is 26.1 Å². The van der Waals surface area contributed by atoms with Gasteiger partial charge in [0.05, 0.1) is 27.8 Å². The second kappa shape index (κ2) is 14.0. The molecule has 0 atom stereocenters. The molecule has 0 aliphatic heterocycles. The van der Waals surface area contributed by atoms with Gasteiger partial charge in [0, 0.05) is 39.4 Å². The van der Waals surface area contributed by atoms with Gasteiger partial charge < -0.3 is 4.74 Å². The van der Waals surface area contributed by atoms with Crippen LogP contribution in [0.1, 0.15) is 103 Å². The summed E-state index contributed by atoms with van der Waals surface area (Å²) in [5, 5.41) is 2.25. The number of imidazole rings is 1. The van der Waals surface area contributed by atoms with Crippen molar-refractivity contribution in [2.45, 2.75) is 98.8 Å². The zero-order valence-corrected chi connectivity index (χ0v) is 35.1. The molecule has 4 aromatic carbocycles. The zero-order chi connectivity index (χ0) is 43.2. The maximum absolute atomic E-state index is 9.00. The van der Waals surface area contributed by atoms with E-state index in [0.717, 1.165) is 44.3 Å². The Hall–Kier alpha value is -5.75. The number of aromatic nitrogens is 5. The summed E-state index contributed by atoms with van der Waals surface area (Å²) in [5.74, 6) is 1.34. The summed E-state index contributed by atoms with van der Waals surface area (Å²) in [6, 6.07) is 34.8. The number of rotatable bonds is 7. The van der Waals surface area contributed by atoms with Crippen LogP contribution < -0.4 is 9.30 Å². The molecule has 0 bridgehead atoms. The molecule has 0 amide bonds. The van der Waals surface area contributed by atoms with E-state index in [-0.39, 0.29) is 16.2 Å². The van der Waals surface area contributed by atoms with Crippen LogP contribution in [0.2, 0.25) is 0 Å². The zero-order valence-electron chi connectivity index (χ0n) is 38.1. The Balaban J connectivity index is 1.26. The Morgan fingerprint density at radius 2 is 1.30 bits per heavy atom. The van der Waals surface area contributed by atoms with Gasteiger partial charge in [-0.25, -0.2) is 4.98 Å². The molecule has 0 saturated heterocycles. The molecule has 0 aliphatic carbocycles. The summed E-state index contributed by atoms with van der Waals surface area (Å²) in [6.45, 7) is 23.2. The highest BCUT2D eigenvalue weighted by Gasteiger charge is 2.23. The fourth-order valence-electron chi connectivity index (χ4n) is 7.43. The first-order chi connectivity index (χ1) is 28.0. The van der Waals surface area contributed by atoms with E-state index in [9.17, 15) is 0 Å². The maximum atomic E-state index is 9.00. The third kappa shape index (κ3) is 7.46. The first kappa shape index (κ1) is 34.5. The molecule has 0 aliphatic rings. The monoisotopic (exact) mass is 756 g/mol. The third-order valence-electron chi connectivity index (χ3n) is 10.6. The molecule has 4 aromatic heterocycles. The molecule has 8 aromatic rings. The molecule has 8 rings (SSSR count). The third-order valence-corrected chi connectivity index (χ3v) is 10.6. The normalized spacial score (nSPS) is 13.9. The number of nitrogens with zero attached hydrogens (tertiary/aromatic N) is 5. The van der Waals surface area contributed by atoms with Crippen LogP contribution >= 0.6 is 0 Å². The number of hydrogen-bond acceptors (Lipinski definition) is 3. The van der Waals surface area contributed by atoms with Crippen molar-refractivity contribution < 1.29 is 13.4 Å². The van der Waals surface area contributed by atoms with Gasteiger partial charge in [0.25, 0.3) is 6.33 Å². The lowest BCUT2D eigenvalue weighted by molar-refractivity contribution is -0.572. The number of fused-ring (bicyclic) bond motifs is 4. The van der Waals surface area contributed by atoms with Gasteiger partial charge in [0.15, 0.2) is 5.82 Å². The Labute approximate surface area is 342 Å². The van der Waals surface area contributed by atoms with Gasteiger partial charge in [-0.3, -0.25) is 18.7 Å². The molecule has 0 fully saturated rings. The van der Waals surface area contributed by atoms with Crippen LogP contribution in [0.25, 0.3) is 50.2 Å². The summed E-state index contributed by atoms with van der Waals surface area (Å²) in [4.78, 5) is 9.66. The molecule has 0 spiro atoms. The van der Waals surface area contributed by atoms with Crippen LogP contribution in [0.3, 0.4) is 0 Å². The highest BCUT2D eigenvalue weighted by atomic mass is 16.5. The van der Waals surface area contributed by atoms with Crippen LogP contribution in [0.15, 0.2) is 116 Å². The fourth-order valence-corrected chi connectivity index (χ4v) is 7.43. The van der Waals surface area contributed by atoms with Crippen LogP contribution in [0.4, 0.5) is 0 Å². The van der Waals surface area contributed by atoms with Gasteiger partial charge >= 0.3 is 0 Å². The van der Waals surface area contributed by atoms with E-state index < -0.39 is 12.3 Å². The van der Waals surface area contributed by atoms with E-state index in [2.05, 4.69) is 140 Å². The fraction of sp³-hybridized carbons (Fsp3) is 0.314. The van der Waals surface area contributed by atoms with E-state index in [4.69, 9.17) is 18.8 Å². The molecular weight excluding hydrogens is 699 g/mol. The topological polar surface area (TPSA) is 48.8 Å². The molecular formula is C51H55N5O. The van der Waals surface area contributed by atoms with Gasteiger partial charge in [-0.1, -0.05) is 118 Å². The van der Waals surface area contributed by atoms with Crippen LogP contribution in [0, 0.1) is 12.2 Å². The molecule has 6 heteroatoms. The van der Waals surface area contributed by atoms with Crippen LogP contribution in [-0.4, -0.2) is 19.1 Å². The second-order valence-electron chi connectivity index (χ2n) is 18.5.